The highest BCUT2D eigenvalue weighted by molar-refractivity contribution is 9.09. The number of amides is 2. The molecule has 9 heteroatoms. The summed E-state index contributed by atoms with van der Waals surface area (Å²) in [6, 6.07) is -0.842. The Bertz CT molecular complexity index is 718. The van der Waals surface area contributed by atoms with Crippen molar-refractivity contribution in [2.45, 2.75) is 68.0 Å². The number of carbonyl (C=O) groups is 3. The second-order valence-corrected chi connectivity index (χ2v) is 9.92. The molecule has 3 saturated heterocycles. The largest absolute Gasteiger partial charge is 0.481 e. The summed E-state index contributed by atoms with van der Waals surface area (Å²) in [4.78, 5) is 42.4. The van der Waals surface area contributed by atoms with Gasteiger partial charge in [-0.3, -0.25) is 14.4 Å². The van der Waals surface area contributed by atoms with Crippen LogP contribution in [0.1, 0.15) is 45.4 Å². The van der Waals surface area contributed by atoms with Gasteiger partial charge in [0.05, 0.1) is 17.9 Å². The number of unbranched alkanes of at least 4 members (excludes halogenated alkanes) is 3. The number of aliphatic hydroxyl groups is 1. The molecule has 2 amide bonds. The molecule has 3 fully saturated rings. The molecule has 3 unspecified atom stereocenters. The first-order chi connectivity index (χ1) is 14.8. The Labute approximate surface area is 191 Å². The van der Waals surface area contributed by atoms with Gasteiger partial charge in [0, 0.05) is 31.1 Å². The van der Waals surface area contributed by atoms with E-state index >= 15 is 0 Å². The van der Waals surface area contributed by atoms with Crippen molar-refractivity contribution < 1.29 is 29.3 Å². The molecule has 6 atom stereocenters. The fourth-order valence-electron chi connectivity index (χ4n) is 5.47. The lowest BCUT2D eigenvalue weighted by atomic mass is 9.70. The van der Waals surface area contributed by atoms with Crippen molar-refractivity contribution in [3.05, 3.63) is 12.7 Å². The highest BCUT2D eigenvalue weighted by Gasteiger charge is 2.76. The molecule has 3 aliphatic rings. The summed E-state index contributed by atoms with van der Waals surface area (Å²) in [5, 5.41) is 18.9. The van der Waals surface area contributed by atoms with Crippen molar-refractivity contribution in [2.24, 2.45) is 11.8 Å². The molecule has 0 radical (unpaired) electrons. The summed E-state index contributed by atoms with van der Waals surface area (Å²) in [6.45, 7) is 7.15. The number of alkyl halides is 1. The first kappa shape index (κ1) is 24.2. The molecule has 0 aliphatic carbocycles. The van der Waals surface area contributed by atoms with Gasteiger partial charge in [0.2, 0.25) is 11.8 Å². The molecule has 3 heterocycles. The third-order valence-corrected chi connectivity index (χ3v) is 7.65. The van der Waals surface area contributed by atoms with E-state index < -0.39 is 35.6 Å². The Balaban J connectivity index is 1.96. The van der Waals surface area contributed by atoms with Crippen molar-refractivity contribution in [1.82, 2.24) is 9.80 Å². The molecule has 1 spiro atoms. The number of carboxylic acid groups (broad SMARTS) is 1. The fraction of sp³-hybridized carbons (Fsp3) is 0.773. The molecule has 3 aliphatic heterocycles. The molecule has 8 nitrogen and oxygen atoms in total. The van der Waals surface area contributed by atoms with Gasteiger partial charge in [0.25, 0.3) is 0 Å². The summed E-state index contributed by atoms with van der Waals surface area (Å²) in [5.74, 6) is -3.38. The molecular weight excluding hydrogens is 468 g/mol. The number of rotatable bonds is 12. The molecule has 0 saturated carbocycles. The standard InChI is InChI=1S/C22H33BrN2O6/c1-3-5-10-24(9-4-2)20(28)18-22-13-14(23)17(31-22)15(21(29)30)16(22)19(27)25(18)11-7-6-8-12-26/h4,14-18,26H,2-3,5-13H2,1H3,(H,29,30)/t14?,15-,16-,17-,18?,22?/m0/s1. The Morgan fingerprint density at radius 1 is 1.35 bits per heavy atom. The third kappa shape index (κ3) is 4.16. The zero-order valence-electron chi connectivity index (χ0n) is 18.0. The lowest BCUT2D eigenvalue weighted by Gasteiger charge is -2.37. The molecule has 174 valence electrons. The van der Waals surface area contributed by atoms with E-state index in [4.69, 9.17) is 9.84 Å². The van der Waals surface area contributed by atoms with Crippen molar-refractivity contribution in [3.8, 4) is 0 Å². The van der Waals surface area contributed by atoms with Crippen LogP contribution >= 0.6 is 15.9 Å². The minimum Gasteiger partial charge on any atom is -0.481 e. The molecule has 2 bridgehead atoms. The number of nitrogens with zero attached hydrogens (tertiary/aromatic N) is 2. The predicted molar refractivity (Wildman–Crippen MR) is 118 cm³/mol. The summed E-state index contributed by atoms with van der Waals surface area (Å²) in [7, 11) is 0. The molecule has 0 aromatic heterocycles. The number of carboxylic acids is 1. The van der Waals surface area contributed by atoms with Crippen molar-refractivity contribution in [3.63, 3.8) is 0 Å². The Morgan fingerprint density at radius 2 is 2.10 bits per heavy atom. The number of fused-ring (bicyclic) bond motifs is 1. The monoisotopic (exact) mass is 500 g/mol. The molecule has 0 aromatic rings. The van der Waals surface area contributed by atoms with Gasteiger partial charge >= 0.3 is 5.97 Å². The molecule has 2 N–H and O–H groups in total. The fourth-order valence-corrected chi connectivity index (χ4v) is 6.41. The molecule has 0 aromatic carbocycles. The summed E-state index contributed by atoms with van der Waals surface area (Å²) < 4.78 is 6.26. The number of ether oxygens (including phenoxy) is 1. The third-order valence-electron chi connectivity index (χ3n) is 6.81. The van der Waals surface area contributed by atoms with Crippen molar-refractivity contribution in [2.75, 3.05) is 26.2 Å². The molecule has 3 rings (SSSR count). The Morgan fingerprint density at radius 3 is 2.71 bits per heavy atom. The minimum absolute atomic E-state index is 0.0736. The van der Waals surface area contributed by atoms with Gasteiger partial charge in [-0.1, -0.05) is 35.4 Å². The molecule has 31 heavy (non-hydrogen) atoms. The van der Waals surface area contributed by atoms with Crippen molar-refractivity contribution in [1.29, 1.82) is 0 Å². The van der Waals surface area contributed by atoms with Crippen LogP contribution in [-0.2, 0) is 19.1 Å². The zero-order chi connectivity index (χ0) is 22.8. The van der Waals surface area contributed by atoms with Crippen LogP contribution in [0, 0.1) is 11.8 Å². The highest BCUT2D eigenvalue weighted by atomic mass is 79.9. The lowest BCUT2D eigenvalue weighted by molar-refractivity contribution is -0.150. The lowest BCUT2D eigenvalue weighted by Crippen LogP contribution is -2.57. The average molecular weight is 501 g/mol. The van der Waals surface area contributed by atoms with E-state index in [-0.39, 0.29) is 23.2 Å². The first-order valence-electron chi connectivity index (χ1n) is 11.2. The maximum Gasteiger partial charge on any atom is 0.310 e. The second kappa shape index (κ2) is 10.0. The van der Waals surface area contributed by atoms with Crippen LogP contribution in [-0.4, -0.2) is 86.6 Å². The minimum atomic E-state index is -1.13. The first-order valence-corrected chi connectivity index (χ1v) is 12.1. The van der Waals surface area contributed by atoms with E-state index in [0.29, 0.717) is 38.9 Å². The Hall–Kier alpha value is -1.45. The van der Waals surface area contributed by atoms with Crippen molar-refractivity contribution >= 4 is 33.7 Å². The van der Waals surface area contributed by atoms with E-state index in [9.17, 15) is 19.5 Å². The number of hydrogen-bond donors (Lipinski definition) is 2. The van der Waals surface area contributed by atoms with Crippen LogP contribution < -0.4 is 0 Å². The smallest absolute Gasteiger partial charge is 0.310 e. The van der Waals surface area contributed by atoms with Gasteiger partial charge in [-0.05, 0) is 32.1 Å². The average Bonchev–Trinajstić information content (AvgIpc) is 3.32. The van der Waals surface area contributed by atoms with E-state index in [2.05, 4.69) is 22.5 Å². The van der Waals surface area contributed by atoms with E-state index in [1.165, 1.54) is 0 Å². The number of halogens is 1. The maximum atomic E-state index is 13.8. The van der Waals surface area contributed by atoms with Crippen LogP contribution in [0.2, 0.25) is 0 Å². The summed E-state index contributed by atoms with van der Waals surface area (Å²) >= 11 is 3.55. The van der Waals surface area contributed by atoms with Crippen LogP contribution in [0.25, 0.3) is 0 Å². The maximum absolute atomic E-state index is 13.8. The van der Waals surface area contributed by atoms with Crippen LogP contribution in [0.5, 0.6) is 0 Å². The number of aliphatic hydroxyl groups excluding tert-OH is 1. The molecular formula is C22H33BrN2O6. The van der Waals surface area contributed by atoms with Gasteiger partial charge in [0.1, 0.15) is 11.6 Å². The predicted octanol–water partition coefficient (Wildman–Crippen LogP) is 1.80. The van der Waals surface area contributed by atoms with E-state index in [1.54, 1.807) is 15.9 Å². The van der Waals surface area contributed by atoms with Gasteiger partial charge in [0.15, 0.2) is 0 Å². The summed E-state index contributed by atoms with van der Waals surface area (Å²) in [6.07, 6.45) is 5.20. The van der Waals surface area contributed by atoms with Crippen LogP contribution in [0.3, 0.4) is 0 Å². The number of likely N-dealkylation sites (tertiary alicyclic amines) is 1. The number of carbonyl (C=O) groups excluding carboxylic acids is 2. The topological polar surface area (TPSA) is 107 Å². The zero-order valence-corrected chi connectivity index (χ0v) is 19.6. The SMILES string of the molecule is C=CCN(CCCC)C(=O)C1N(CCCCCO)C(=O)[C@@H]2[C@H](C(=O)O)[C@H]3OC12CC3Br. The number of hydrogen-bond acceptors (Lipinski definition) is 5. The van der Waals surface area contributed by atoms with Gasteiger partial charge in [-0.25, -0.2) is 0 Å². The van der Waals surface area contributed by atoms with E-state index in [0.717, 1.165) is 19.3 Å². The van der Waals surface area contributed by atoms with Gasteiger partial charge in [-0.2, -0.15) is 0 Å². The van der Waals surface area contributed by atoms with E-state index in [1.807, 2.05) is 6.92 Å². The quantitative estimate of drug-likeness (QED) is 0.240. The normalized spacial score (nSPS) is 33.6. The highest BCUT2D eigenvalue weighted by Crippen LogP contribution is 2.60. The van der Waals surface area contributed by atoms with Gasteiger partial charge in [-0.15, -0.1) is 6.58 Å². The van der Waals surface area contributed by atoms with Crippen LogP contribution in [0.4, 0.5) is 0 Å². The Kier molecular flexibility index (Phi) is 7.81. The second-order valence-electron chi connectivity index (χ2n) is 8.74. The van der Waals surface area contributed by atoms with Crippen LogP contribution in [0.15, 0.2) is 12.7 Å². The summed E-state index contributed by atoms with van der Waals surface area (Å²) in [5.41, 5.74) is -1.13. The number of aliphatic carboxylic acids is 1. The van der Waals surface area contributed by atoms with Gasteiger partial charge < -0.3 is 24.7 Å².